The lowest BCUT2D eigenvalue weighted by Crippen LogP contribution is -2.04. The number of aromatic nitrogens is 1. The smallest absolute Gasteiger partial charge is 0.213 e. The van der Waals surface area contributed by atoms with Crippen molar-refractivity contribution < 1.29 is 4.74 Å². The fourth-order valence-electron chi connectivity index (χ4n) is 1.74. The first-order chi connectivity index (χ1) is 8.31. The zero-order valence-corrected chi connectivity index (χ0v) is 9.89. The van der Waals surface area contributed by atoms with Crippen molar-refractivity contribution in [3.05, 3.63) is 53.7 Å². The minimum atomic E-state index is 0.465. The lowest BCUT2D eigenvalue weighted by molar-refractivity contribution is 0.293. The fourth-order valence-corrected chi connectivity index (χ4v) is 1.74. The van der Waals surface area contributed by atoms with E-state index in [0.717, 1.165) is 17.7 Å². The number of aryl methyl sites for hydroxylation is 1. The Labute approximate surface area is 101 Å². The van der Waals surface area contributed by atoms with Gasteiger partial charge in [-0.2, -0.15) is 0 Å². The molecule has 2 rings (SSSR count). The van der Waals surface area contributed by atoms with Crippen LogP contribution in [-0.2, 0) is 13.0 Å². The molecule has 3 nitrogen and oxygen atoms in total. The van der Waals surface area contributed by atoms with Crippen LogP contribution in [0, 0.1) is 0 Å². The van der Waals surface area contributed by atoms with Crippen LogP contribution in [0.15, 0.2) is 42.6 Å². The number of nitrogens with zero attached hydrogens (tertiary/aromatic N) is 1. The highest BCUT2D eigenvalue weighted by Gasteiger charge is 2.05. The molecule has 0 aliphatic carbocycles. The van der Waals surface area contributed by atoms with Gasteiger partial charge in [0.05, 0.1) is 0 Å². The summed E-state index contributed by atoms with van der Waals surface area (Å²) in [5.41, 5.74) is 9.02. The van der Waals surface area contributed by atoms with Gasteiger partial charge < -0.3 is 10.5 Å². The maximum atomic E-state index is 5.96. The number of anilines is 1. The van der Waals surface area contributed by atoms with Crippen LogP contribution >= 0.6 is 0 Å². The summed E-state index contributed by atoms with van der Waals surface area (Å²) in [6, 6.07) is 11.5. The highest BCUT2D eigenvalue weighted by atomic mass is 16.5. The Bertz CT molecular complexity index is 483. The van der Waals surface area contributed by atoms with E-state index in [1.165, 1.54) is 5.56 Å². The Morgan fingerprint density at radius 3 is 2.76 bits per heavy atom. The van der Waals surface area contributed by atoms with Gasteiger partial charge in [0.2, 0.25) is 5.88 Å². The molecular weight excluding hydrogens is 212 g/mol. The molecule has 1 aromatic carbocycles. The van der Waals surface area contributed by atoms with Crippen LogP contribution in [0.25, 0.3) is 0 Å². The molecule has 0 bridgehead atoms. The number of pyridine rings is 1. The molecule has 2 N–H and O–H groups in total. The number of rotatable bonds is 4. The molecule has 0 saturated heterocycles. The van der Waals surface area contributed by atoms with Crippen LogP contribution in [0.2, 0.25) is 0 Å². The number of hydrogen-bond donors (Lipinski definition) is 1. The van der Waals surface area contributed by atoms with E-state index in [-0.39, 0.29) is 0 Å². The first-order valence-corrected chi connectivity index (χ1v) is 5.71. The van der Waals surface area contributed by atoms with Gasteiger partial charge in [0.25, 0.3) is 0 Å². The lowest BCUT2D eigenvalue weighted by Gasteiger charge is -2.11. The number of benzene rings is 1. The van der Waals surface area contributed by atoms with Gasteiger partial charge in [0.1, 0.15) is 6.61 Å². The molecule has 88 valence electrons. The van der Waals surface area contributed by atoms with E-state index in [1.807, 2.05) is 30.3 Å². The average molecular weight is 228 g/mol. The minimum Gasteiger partial charge on any atom is -0.473 e. The molecule has 0 amide bonds. The maximum absolute atomic E-state index is 5.96. The molecule has 0 unspecified atom stereocenters. The molecule has 2 aromatic rings. The molecule has 0 aliphatic rings. The molecule has 0 radical (unpaired) electrons. The summed E-state index contributed by atoms with van der Waals surface area (Å²) in [6.45, 7) is 2.58. The summed E-state index contributed by atoms with van der Waals surface area (Å²) in [5, 5.41) is 0. The van der Waals surface area contributed by atoms with Crippen molar-refractivity contribution in [3.8, 4) is 5.88 Å². The van der Waals surface area contributed by atoms with Gasteiger partial charge in [-0.25, -0.2) is 4.98 Å². The van der Waals surface area contributed by atoms with Crippen LogP contribution in [0.5, 0.6) is 5.88 Å². The van der Waals surface area contributed by atoms with Crippen molar-refractivity contribution in [2.75, 3.05) is 5.73 Å². The van der Waals surface area contributed by atoms with Crippen LogP contribution in [-0.4, -0.2) is 4.98 Å². The quantitative estimate of drug-likeness (QED) is 0.818. The van der Waals surface area contributed by atoms with E-state index in [1.54, 1.807) is 6.20 Å². The molecule has 3 heteroatoms. The molecule has 17 heavy (non-hydrogen) atoms. The Kier molecular flexibility index (Phi) is 3.60. The van der Waals surface area contributed by atoms with Crippen molar-refractivity contribution in [1.29, 1.82) is 0 Å². The molecule has 0 spiro atoms. The summed E-state index contributed by atoms with van der Waals surface area (Å²) in [5.74, 6) is 0.623. The van der Waals surface area contributed by atoms with E-state index < -0.39 is 0 Å². The predicted octanol–water partition coefficient (Wildman–Crippen LogP) is 2.81. The van der Waals surface area contributed by atoms with Gasteiger partial charge in [-0.1, -0.05) is 25.1 Å². The third kappa shape index (κ3) is 2.75. The second-order valence-electron chi connectivity index (χ2n) is 3.80. The van der Waals surface area contributed by atoms with Crippen molar-refractivity contribution in [3.63, 3.8) is 0 Å². The van der Waals surface area contributed by atoms with Gasteiger partial charge in [0, 0.05) is 23.5 Å². The highest BCUT2D eigenvalue weighted by molar-refractivity contribution is 5.50. The van der Waals surface area contributed by atoms with Gasteiger partial charge in [0.15, 0.2) is 0 Å². The molecule has 0 saturated carbocycles. The third-order valence-corrected chi connectivity index (χ3v) is 2.69. The molecule has 1 aromatic heterocycles. The summed E-state index contributed by atoms with van der Waals surface area (Å²) in [4.78, 5) is 4.12. The predicted molar refractivity (Wildman–Crippen MR) is 68.8 cm³/mol. The Balaban J connectivity index is 2.14. The standard InChI is InChI=1S/C14H16N2O/c1-2-11-6-5-7-13(15)12(11)10-17-14-8-3-4-9-16-14/h3-9H,2,10,15H2,1H3. The lowest BCUT2D eigenvalue weighted by atomic mass is 10.0. The summed E-state index contributed by atoms with van der Waals surface area (Å²) in [6.07, 6.45) is 2.66. The second-order valence-corrected chi connectivity index (χ2v) is 3.80. The van der Waals surface area contributed by atoms with Gasteiger partial charge >= 0.3 is 0 Å². The van der Waals surface area contributed by atoms with Crippen LogP contribution < -0.4 is 10.5 Å². The van der Waals surface area contributed by atoms with Crippen LogP contribution in [0.1, 0.15) is 18.1 Å². The van der Waals surface area contributed by atoms with E-state index >= 15 is 0 Å². The van der Waals surface area contributed by atoms with Crippen LogP contribution in [0.4, 0.5) is 5.69 Å². The first-order valence-electron chi connectivity index (χ1n) is 5.71. The minimum absolute atomic E-state index is 0.465. The normalized spacial score (nSPS) is 10.2. The SMILES string of the molecule is CCc1cccc(N)c1COc1ccccn1. The van der Waals surface area contributed by atoms with Gasteiger partial charge in [-0.15, -0.1) is 0 Å². The zero-order valence-electron chi connectivity index (χ0n) is 9.89. The molecular formula is C14H16N2O. The summed E-state index contributed by atoms with van der Waals surface area (Å²) >= 11 is 0. The van der Waals surface area contributed by atoms with Crippen LogP contribution in [0.3, 0.4) is 0 Å². The number of nitrogens with two attached hydrogens (primary N) is 1. The summed E-state index contributed by atoms with van der Waals surface area (Å²) in [7, 11) is 0. The van der Waals surface area contributed by atoms with Gasteiger partial charge in [-0.05, 0) is 24.1 Å². The van der Waals surface area contributed by atoms with E-state index in [4.69, 9.17) is 10.5 Å². The molecule has 1 heterocycles. The number of ether oxygens (including phenoxy) is 1. The summed E-state index contributed by atoms with van der Waals surface area (Å²) < 4.78 is 5.62. The Morgan fingerprint density at radius 1 is 1.18 bits per heavy atom. The first kappa shape index (κ1) is 11.5. The highest BCUT2D eigenvalue weighted by Crippen LogP contribution is 2.19. The largest absolute Gasteiger partial charge is 0.473 e. The topological polar surface area (TPSA) is 48.1 Å². The Hall–Kier alpha value is -2.03. The third-order valence-electron chi connectivity index (χ3n) is 2.69. The fraction of sp³-hybridized carbons (Fsp3) is 0.214. The monoisotopic (exact) mass is 228 g/mol. The van der Waals surface area contributed by atoms with E-state index in [0.29, 0.717) is 12.5 Å². The maximum Gasteiger partial charge on any atom is 0.213 e. The second kappa shape index (κ2) is 5.34. The Morgan fingerprint density at radius 2 is 2.06 bits per heavy atom. The number of hydrogen-bond acceptors (Lipinski definition) is 3. The van der Waals surface area contributed by atoms with Crippen molar-refractivity contribution in [2.24, 2.45) is 0 Å². The van der Waals surface area contributed by atoms with Gasteiger partial charge in [-0.3, -0.25) is 0 Å². The average Bonchev–Trinajstić information content (AvgIpc) is 2.38. The van der Waals surface area contributed by atoms with E-state index in [9.17, 15) is 0 Å². The zero-order chi connectivity index (χ0) is 12.1. The van der Waals surface area contributed by atoms with Crippen molar-refractivity contribution in [1.82, 2.24) is 4.98 Å². The van der Waals surface area contributed by atoms with E-state index in [2.05, 4.69) is 18.0 Å². The molecule has 0 aliphatic heterocycles. The molecule has 0 fully saturated rings. The molecule has 0 atom stereocenters. The van der Waals surface area contributed by atoms with Crippen molar-refractivity contribution >= 4 is 5.69 Å². The number of nitrogen functional groups attached to an aromatic ring is 1. The van der Waals surface area contributed by atoms with Crippen molar-refractivity contribution in [2.45, 2.75) is 20.0 Å².